The van der Waals surface area contributed by atoms with Crippen LogP contribution in [0.1, 0.15) is 128 Å². The van der Waals surface area contributed by atoms with Crippen LogP contribution in [-0.2, 0) is 51.2 Å². The highest BCUT2D eigenvalue weighted by Gasteiger charge is 2.48. The van der Waals surface area contributed by atoms with Crippen LogP contribution in [0.2, 0.25) is 0 Å². The molecule has 4 aliphatic rings. The van der Waals surface area contributed by atoms with Gasteiger partial charge in [-0.3, -0.25) is 43.3 Å². The van der Waals surface area contributed by atoms with Crippen molar-refractivity contribution >= 4 is 84.5 Å². The third kappa shape index (κ3) is 17.0. The van der Waals surface area contributed by atoms with Crippen LogP contribution in [0.3, 0.4) is 0 Å². The number of benzene rings is 2. The number of fused-ring (bicyclic) bond motifs is 2. The number of likely N-dealkylation sites (N-methyl/N-ethyl adjacent to an activating group) is 3. The SMILES string of the molecule is CN[C@@H](C)C(=O)N[C@H](C(=O)N1C[C@@H](NC(=O)CN(C)CC(=O)N[C@H]2C[C@@H](C(=O)N[C@@H]3CCCc4ccccc43)N(C(=O)[C@@H](NC(=O)[C@H](C)NC)C(C)(C)C)C2)C[C@H]1C(=O)N[C@@H]1CCCc2ccccc21)C(C)(C)C.Cl.Cl.Cl. The van der Waals surface area contributed by atoms with Gasteiger partial charge in [0.05, 0.1) is 37.3 Å². The second kappa shape index (κ2) is 28.7. The Hall–Kier alpha value is -5.05. The molecule has 2 fully saturated rings. The molecule has 2 saturated heterocycles. The lowest BCUT2D eigenvalue weighted by molar-refractivity contribution is -0.144. The van der Waals surface area contributed by atoms with E-state index in [1.807, 2.05) is 77.9 Å². The highest BCUT2D eigenvalue weighted by atomic mass is 35.5. The Bertz CT molecular complexity index is 2240. The Balaban J connectivity index is 0.00000520. The van der Waals surface area contributed by atoms with Crippen LogP contribution in [0.15, 0.2) is 48.5 Å². The highest BCUT2D eigenvalue weighted by Crippen LogP contribution is 2.33. The van der Waals surface area contributed by atoms with Crippen molar-refractivity contribution in [1.82, 2.24) is 57.2 Å². The first-order chi connectivity index (χ1) is 34.9. The number of halogens is 3. The molecule has 8 amide bonds. The van der Waals surface area contributed by atoms with Crippen LogP contribution in [0.4, 0.5) is 0 Å². The van der Waals surface area contributed by atoms with Crippen LogP contribution in [0.25, 0.3) is 0 Å². The first-order valence-electron chi connectivity index (χ1n) is 26.5. The van der Waals surface area contributed by atoms with Crippen LogP contribution in [0.5, 0.6) is 0 Å². The van der Waals surface area contributed by atoms with Crippen molar-refractivity contribution in [2.24, 2.45) is 10.8 Å². The zero-order valence-corrected chi connectivity index (χ0v) is 49.2. The molecule has 0 bridgehead atoms. The molecular weight excluding hydrogens is 1050 g/mol. The zero-order chi connectivity index (χ0) is 54.2. The van der Waals surface area contributed by atoms with Gasteiger partial charge in [0.25, 0.3) is 0 Å². The first-order valence-corrected chi connectivity index (χ1v) is 26.5. The second-order valence-electron chi connectivity index (χ2n) is 23.1. The lowest BCUT2D eigenvalue weighted by Crippen LogP contribution is -2.59. The van der Waals surface area contributed by atoms with Crippen molar-refractivity contribution in [2.75, 3.05) is 47.3 Å². The summed E-state index contributed by atoms with van der Waals surface area (Å²) >= 11 is 0. The van der Waals surface area contributed by atoms with Crippen LogP contribution in [0, 0.1) is 10.8 Å². The van der Waals surface area contributed by atoms with Crippen molar-refractivity contribution in [2.45, 2.75) is 167 Å². The van der Waals surface area contributed by atoms with E-state index >= 15 is 0 Å². The second-order valence-corrected chi connectivity index (χ2v) is 23.1. The number of hydrogen-bond acceptors (Lipinski definition) is 11. The van der Waals surface area contributed by atoms with Crippen molar-refractivity contribution in [1.29, 1.82) is 0 Å². The number of hydrogen-bond donors (Lipinski definition) is 8. The summed E-state index contributed by atoms with van der Waals surface area (Å²) in [5, 5.41) is 24.1. The van der Waals surface area contributed by atoms with E-state index in [0.29, 0.717) is 0 Å². The van der Waals surface area contributed by atoms with Gasteiger partial charge >= 0.3 is 0 Å². The Morgan fingerprint density at radius 2 is 0.922 bits per heavy atom. The molecule has 0 radical (unpaired) electrons. The molecule has 0 saturated carbocycles. The van der Waals surface area contributed by atoms with Gasteiger partial charge < -0.3 is 52.3 Å². The predicted molar refractivity (Wildman–Crippen MR) is 304 cm³/mol. The van der Waals surface area contributed by atoms with E-state index < -0.39 is 82.8 Å². The van der Waals surface area contributed by atoms with Gasteiger partial charge in [0, 0.05) is 25.2 Å². The standard InChI is InChI=1S/C55H83N11O8.3ClH/c1-32(56-9)48(69)62-46(54(3,4)5)52(73)65-28-36(26-42(65)50(71)60-40-24-16-20-34-18-12-14-22-38(34)40)58-44(67)30-64(11)31-45(68)59-37-27-43(51(72)61-41-25-17-21-35-19-13-15-23-39(35)41)66(29-37)53(74)47(55(6,7)8)63-49(70)33(2)57-10;;;/h12-15,18-19,22-23,32-33,36-37,40-43,46-47,56-57H,16-17,20-21,24-31H2,1-11H3,(H,58,67)(H,59,68)(H,60,71)(H,61,72)(H,62,69)(H,63,70);3*1H/t32-,33-,36-,37-,40+,41+,42-,43-,46+,47+;;;/m0.../s1. The third-order valence-electron chi connectivity index (χ3n) is 15.2. The number of carbonyl (C=O) groups excluding carboxylic acids is 8. The minimum atomic E-state index is -0.979. The monoisotopic (exact) mass is 1130 g/mol. The number of carbonyl (C=O) groups is 8. The molecule has 2 heterocycles. The van der Waals surface area contributed by atoms with Crippen LogP contribution < -0.4 is 42.5 Å². The summed E-state index contributed by atoms with van der Waals surface area (Å²) in [6, 6.07) is 9.28. The number of rotatable bonds is 18. The van der Waals surface area contributed by atoms with E-state index in [1.165, 1.54) is 25.8 Å². The van der Waals surface area contributed by atoms with E-state index in [0.717, 1.165) is 49.7 Å². The van der Waals surface area contributed by atoms with Crippen LogP contribution in [-0.4, -0.2) is 158 Å². The summed E-state index contributed by atoms with van der Waals surface area (Å²) in [5.74, 6) is -3.14. The maximum absolute atomic E-state index is 14.6. The van der Waals surface area contributed by atoms with Gasteiger partial charge in [0.15, 0.2) is 0 Å². The summed E-state index contributed by atoms with van der Waals surface area (Å²) in [5.41, 5.74) is 2.96. The highest BCUT2D eigenvalue weighted by molar-refractivity contribution is 5.96. The Morgan fingerprint density at radius 1 is 0.571 bits per heavy atom. The lowest BCUT2D eigenvalue weighted by atomic mass is 9.85. The van der Waals surface area contributed by atoms with Gasteiger partial charge in [-0.15, -0.1) is 37.2 Å². The summed E-state index contributed by atoms with van der Waals surface area (Å²) in [6.45, 7) is 14.1. The summed E-state index contributed by atoms with van der Waals surface area (Å²) in [6.07, 6.45) is 5.34. The lowest BCUT2D eigenvalue weighted by Gasteiger charge is -2.36. The fourth-order valence-electron chi connectivity index (χ4n) is 10.7. The molecule has 6 rings (SSSR count). The van der Waals surface area contributed by atoms with E-state index in [4.69, 9.17) is 0 Å². The zero-order valence-electron chi connectivity index (χ0n) is 46.7. The normalized spacial score (nSPS) is 22.4. The van der Waals surface area contributed by atoms with Crippen molar-refractivity contribution in [3.63, 3.8) is 0 Å². The molecule has 19 nitrogen and oxygen atoms in total. The summed E-state index contributed by atoms with van der Waals surface area (Å²) in [4.78, 5) is 116. The minimum absolute atomic E-state index is 0. The molecule has 0 aromatic heterocycles. The number of nitrogens with one attached hydrogen (secondary N) is 8. The van der Waals surface area contributed by atoms with Crippen molar-refractivity contribution in [3.05, 3.63) is 70.8 Å². The Kier molecular flexibility index (Phi) is 24.7. The van der Waals surface area contributed by atoms with Crippen molar-refractivity contribution < 1.29 is 38.4 Å². The summed E-state index contributed by atoms with van der Waals surface area (Å²) in [7, 11) is 4.93. The topological polar surface area (TPSA) is 243 Å². The maximum Gasteiger partial charge on any atom is 0.246 e. The number of amides is 8. The first kappa shape index (κ1) is 66.2. The van der Waals surface area contributed by atoms with Gasteiger partial charge in [-0.2, -0.15) is 0 Å². The predicted octanol–water partition coefficient (Wildman–Crippen LogP) is 3.02. The fraction of sp³-hybridized carbons (Fsp3) is 0.636. The molecule has 2 aliphatic carbocycles. The van der Waals surface area contributed by atoms with Gasteiger partial charge in [-0.25, -0.2) is 0 Å². The molecule has 77 heavy (non-hydrogen) atoms. The molecule has 430 valence electrons. The summed E-state index contributed by atoms with van der Waals surface area (Å²) < 4.78 is 0. The van der Waals surface area contributed by atoms with Crippen molar-refractivity contribution in [3.8, 4) is 0 Å². The Labute approximate surface area is 474 Å². The molecule has 2 aromatic rings. The molecule has 2 aliphatic heterocycles. The fourth-order valence-corrected chi connectivity index (χ4v) is 10.7. The maximum atomic E-state index is 14.6. The molecule has 0 spiro atoms. The molecule has 8 N–H and O–H groups in total. The molecule has 22 heteroatoms. The van der Waals surface area contributed by atoms with E-state index in [-0.39, 0.29) is 112 Å². The van der Waals surface area contributed by atoms with Gasteiger partial charge in [-0.05, 0) is 119 Å². The number of likely N-dealkylation sites (tertiary alicyclic amines) is 2. The smallest absolute Gasteiger partial charge is 0.246 e. The van der Waals surface area contributed by atoms with Gasteiger partial charge in [-0.1, -0.05) is 90.1 Å². The van der Waals surface area contributed by atoms with Gasteiger partial charge in [0.2, 0.25) is 47.3 Å². The minimum Gasteiger partial charge on any atom is -0.350 e. The molecule has 0 unspecified atom stereocenters. The molecule has 2 aromatic carbocycles. The largest absolute Gasteiger partial charge is 0.350 e. The van der Waals surface area contributed by atoms with E-state index in [9.17, 15) is 38.4 Å². The molecular formula is C55H86Cl3N11O8. The van der Waals surface area contributed by atoms with E-state index in [1.54, 1.807) is 35.0 Å². The van der Waals surface area contributed by atoms with Crippen LogP contribution >= 0.6 is 37.2 Å². The quantitative estimate of drug-likeness (QED) is 0.108. The third-order valence-corrected chi connectivity index (χ3v) is 15.2. The number of aryl methyl sites for hydroxylation is 2. The van der Waals surface area contributed by atoms with Gasteiger partial charge in [0.1, 0.15) is 24.2 Å². The average molecular weight is 1140 g/mol. The Morgan fingerprint density at radius 3 is 1.26 bits per heavy atom. The number of nitrogens with zero attached hydrogens (tertiary/aromatic N) is 3. The average Bonchev–Trinajstić information content (AvgIpc) is 3.97. The van der Waals surface area contributed by atoms with E-state index in [2.05, 4.69) is 54.7 Å². The molecule has 10 atom stereocenters.